The highest BCUT2D eigenvalue weighted by molar-refractivity contribution is 6.00. The van der Waals surface area contributed by atoms with Crippen molar-refractivity contribution in [2.24, 2.45) is 0 Å². The van der Waals surface area contributed by atoms with Crippen LogP contribution in [0.25, 0.3) is 11.3 Å². The van der Waals surface area contributed by atoms with Gasteiger partial charge >= 0.3 is 0 Å². The molecule has 4 rings (SSSR count). The van der Waals surface area contributed by atoms with Crippen molar-refractivity contribution in [2.75, 3.05) is 0 Å². The molecule has 27 heavy (non-hydrogen) atoms. The zero-order chi connectivity index (χ0) is 19.3. The summed E-state index contributed by atoms with van der Waals surface area (Å²) in [4.78, 5) is 15.0. The van der Waals surface area contributed by atoms with Gasteiger partial charge in [0.2, 0.25) is 0 Å². The van der Waals surface area contributed by atoms with E-state index in [9.17, 15) is 9.18 Å². The number of aromatic nitrogens is 2. The van der Waals surface area contributed by atoms with Crippen LogP contribution in [0.1, 0.15) is 54.0 Å². The zero-order valence-corrected chi connectivity index (χ0v) is 15.9. The molecule has 1 aliphatic heterocycles. The fourth-order valence-electron chi connectivity index (χ4n) is 3.73. The number of benzene rings is 2. The standard InChI is InChI=1S/C22H22FN3O/c1-13-5-7-14(8-6-13)18-17-19(25-24-18)21(27)26(22(2,3)4)20(17)15-9-11-16(23)12-10-15/h5-12,20H,1-4H3,(H,24,25). The first kappa shape index (κ1) is 17.5. The third-order valence-electron chi connectivity index (χ3n) is 5.00. The van der Waals surface area contributed by atoms with E-state index in [1.54, 1.807) is 12.1 Å². The Morgan fingerprint density at radius 2 is 1.67 bits per heavy atom. The molecule has 2 aromatic carbocycles. The minimum Gasteiger partial charge on any atom is -0.321 e. The van der Waals surface area contributed by atoms with Crippen molar-refractivity contribution in [3.05, 3.63) is 76.7 Å². The quantitative estimate of drug-likeness (QED) is 0.706. The number of H-pyrrole nitrogens is 1. The predicted molar refractivity (Wildman–Crippen MR) is 103 cm³/mol. The number of carbonyl (C=O) groups excluding carboxylic acids is 1. The fraction of sp³-hybridized carbons (Fsp3) is 0.273. The predicted octanol–water partition coefficient (Wildman–Crippen LogP) is 4.87. The second-order valence-corrected chi connectivity index (χ2v) is 8.03. The largest absolute Gasteiger partial charge is 0.321 e. The van der Waals surface area contributed by atoms with Gasteiger partial charge in [0.25, 0.3) is 5.91 Å². The summed E-state index contributed by atoms with van der Waals surface area (Å²) in [6, 6.07) is 14.1. The molecular formula is C22H22FN3O. The van der Waals surface area contributed by atoms with Crippen molar-refractivity contribution in [1.82, 2.24) is 15.1 Å². The van der Waals surface area contributed by atoms with Gasteiger partial charge in [-0.1, -0.05) is 42.0 Å². The Morgan fingerprint density at radius 3 is 2.26 bits per heavy atom. The first-order valence-electron chi connectivity index (χ1n) is 9.02. The van der Waals surface area contributed by atoms with E-state index in [0.717, 1.165) is 27.9 Å². The highest BCUT2D eigenvalue weighted by atomic mass is 19.1. The van der Waals surface area contributed by atoms with Crippen molar-refractivity contribution in [1.29, 1.82) is 0 Å². The zero-order valence-electron chi connectivity index (χ0n) is 15.9. The number of rotatable bonds is 2. The molecule has 3 aromatic rings. The van der Waals surface area contributed by atoms with Gasteiger partial charge in [-0.05, 0) is 45.4 Å². The molecule has 1 N–H and O–H groups in total. The van der Waals surface area contributed by atoms with Gasteiger partial charge in [0.05, 0.1) is 11.7 Å². The van der Waals surface area contributed by atoms with E-state index in [1.807, 2.05) is 56.9 Å². The van der Waals surface area contributed by atoms with Crippen molar-refractivity contribution in [3.8, 4) is 11.3 Å². The van der Waals surface area contributed by atoms with E-state index >= 15 is 0 Å². The average Bonchev–Trinajstić information content (AvgIpc) is 3.15. The topological polar surface area (TPSA) is 49.0 Å². The lowest BCUT2D eigenvalue weighted by Crippen LogP contribution is -2.44. The number of aromatic amines is 1. The third kappa shape index (κ3) is 2.83. The molecule has 2 heterocycles. The van der Waals surface area contributed by atoms with Crippen LogP contribution in [0.5, 0.6) is 0 Å². The third-order valence-corrected chi connectivity index (χ3v) is 5.00. The van der Waals surface area contributed by atoms with Crippen LogP contribution in [0.15, 0.2) is 48.5 Å². The Bertz CT molecular complexity index is 998. The Labute approximate surface area is 158 Å². The molecule has 1 amide bonds. The number of nitrogens with zero attached hydrogens (tertiary/aromatic N) is 2. The smallest absolute Gasteiger partial charge is 0.273 e. The van der Waals surface area contributed by atoms with E-state index < -0.39 is 5.54 Å². The van der Waals surface area contributed by atoms with Gasteiger partial charge < -0.3 is 4.90 Å². The molecule has 0 spiro atoms. The fourth-order valence-corrected chi connectivity index (χ4v) is 3.73. The highest BCUT2D eigenvalue weighted by Gasteiger charge is 2.46. The molecular weight excluding hydrogens is 341 g/mol. The van der Waals surface area contributed by atoms with Gasteiger partial charge in [-0.3, -0.25) is 9.89 Å². The number of fused-ring (bicyclic) bond motifs is 1. The molecule has 5 heteroatoms. The Kier molecular flexibility index (Phi) is 3.91. The molecule has 0 saturated heterocycles. The molecule has 0 saturated carbocycles. The molecule has 1 aliphatic rings. The summed E-state index contributed by atoms with van der Waals surface area (Å²) in [5.74, 6) is -0.380. The second-order valence-electron chi connectivity index (χ2n) is 8.03. The van der Waals surface area contributed by atoms with Crippen LogP contribution >= 0.6 is 0 Å². The number of hydrogen-bond donors (Lipinski definition) is 1. The van der Waals surface area contributed by atoms with Gasteiger partial charge in [-0.25, -0.2) is 4.39 Å². The van der Waals surface area contributed by atoms with Crippen molar-refractivity contribution >= 4 is 5.91 Å². The van der Waals surface area contributed by atoms with E-state index in [0.29, 0.717) is 5.69 Å². The highest BCUT2D eigenvalue weighted by Crippen LogP contribution is 2.45. The summed E-state index contributed by atoms with van der Waals surface area (Å²) >= 11 is 0. The van der Waals surface area contributed by atoms with Crippen molar-refractivity contribution < 1.29 is 9.18 Å². The summed E-state index contributed by atoms with van der Waals surface area (Å²) in [7, 11) is 0. The van der Waals surface area contributed by atoms with Crippen LogP contribution in [0.2, 0.25) is 0 Å². The number of aryl methyl sites for hydroxylation is 1. The monoisotopic (exact) mass is 363 g/mol. The van der Waals surface area contributed by atoms with E-state index in [2.05, 4.69) is 10.2 Å². The number of hydrogen-bond acceptors (Lipinski definition) is 2. The normalized spacial score (nSPS) is 16.7. The SMILES string of the molecule is Cc1ccc(-c2n[nH]c3c2C(c2ccc(F)cc2)N(C(C)(C)C)C3=O)cc1. The Hall–Kier alpha value is -2.95. The van der Waals surface area contributed by atoms with Crippen LogP contribution < -0.4 is 0 Å². The summed E-state index contributed by atoms with van der Waals surface area (Å²) in [6.45, 7) is 8.05. The van der Waals surface area contributed by atoms with Gasteiger partial charge in [0.1, 0.15) is 11.5 Å². The van der Waals surface area contributed by atoms with Crippen LogP contribution in [0.4, 0.5) is 4.39 Å². The minimum atomic E-state index is -0.402. The molecule has 0 aliphatic carbocycles. The summed E-state index contributed by atoms with van der Waals surface area (Å²) < 4.78 is 13.5. The van der Waals surface area contributed by atoms with E-state index in [4.69, 9.17) is 0 Å². The average molecular weight is 363 g/mol. The number of amides is 1. The molecule has 138 valence electrons. The second kappa shape index (κ2) is 6.05. The molecule has 0 bridgehead atoms. The Balaban J connectivity index is 1.93. The lowest BCUT2D eigenvalue weighted by Gasteiger charge is -2.37. The number of nitrogens with one attached hydrogen (secondary N) is 1. The van der Waals surface area contributed by atoms with Crippen molar-refractivity contribution in [2.45, 2.75) is 39.3 Å². The lowest BCUT2D eigenvalue weighted by atomic mass is 9.93. The molecule has 1 aromatic heterocycles. The van der Waals surface area contributed by atoms with Gasteiger partial charge in [0.15, 0.2) is 0 Å². The first-order valence-corrected chi connectivity index (χ1v) is 9.02. The summed E-state index contributed by atoms with van der Waals surface area (Å²) in [5.41, 5.74) is 4.70. The van der Waals surface area contributed by atoms with Gasteiger partial charge in [-0.15, -0.1) is 0 Å². The van der Waals surface area contributed by atoms with Crippen LogP contribution in [0.3, 0.4) is 0 Å². The maximum absolute atomic E-state index is 13.5. The number of halogens is 1. The minimum absolute atomic E-state index is 0.0855. The summed E-state index contributed by atoms with van der Waals surface area (Å²) in [6.07, 6.45) is 0. The Morgan fingerprint density at radius 1 is 1.04 bits per heavy atom. The van der Waals surface area contributed by atoms with Gasteiger partial charge in [0, 0.05) is 16.7 Å². The molecule has 1 unspecified atom stereocenters. The molecule has 4 nitrogen and oxygen atoms in total. The first-order chi connectivity index (χ1) is 12.8. The number of carbonyl (C=O) groups is 1. The van der Waals surface area contributed by atoms with Crippen LogP contribution in [0, 0.1) is 12.7 Å². The lowest BCUT2D eigenvalue weighted by molar-refractivity contribution is 0.0546. The van der Waals surface area contributed by atoms with E-state index in [-0.39, 0.29) is 17.8 Å². The van der Waals surface area contributed by atoms with E-state index in [1.165, 1.54) is 12.1 Å². The van der Waals surface area contributed by atoms with Gasteiger partial charge in [-0.2, -0.15) is 5.10 Å². The molecule has 1 atom stereocenters. The van der Waals surface area contributed by atoms with Crippen LogP contribution in [-0.2, 0) is 0 Å². The van der Waals surface area contributed by atoms with Crippen molar-refractivity contribution in [3.63, 3.8) is 0 Å². The maximum Gasteiger partial charge on any atom is 0.273 e. The molecule has 0 radical (unpaired) electrons. The summed E-state index contributed by atoms with van der Waals surface area (Å²) in [5, 5.41) is 7.40. The van der Waals surface area contributed by atoms with Crippen LogP contribution in [-0.4, -0.2) is 26.5 Å². The maximum atomic E-state index is 13.5. The molecule has 0 fully saturated rings.